The molecule has 0 saturated carbocycles. The summed E-state index contributed by atoms with van der Waals surface area (Å²) in [4.78, 5) is 26.0. The van der Waals surface area contributed by atoms with Crippen molar-refractivity contribution in [2.24, 2.45) is 5.92 Å². The number of hydrogen-bond acceptors (Lipinski definition) is 5. The van der Waals surface area contributed by atoms with Crippen LogP contribution in [-0.4, -0.2) is 26.3 Å². The smallest absolute Gasteiger partial charge is 0.262 e. The van der Waals surface area contributed by atoms with Crippen molar-refractivity contribution in [2.75, 3.05) is 10.0 Å². The molecule has 0 aliphatic carbocycles. The number of thiophene rings is 1. The molecule has 0 saturated heterocycles. The lowest BCUT2D eigenvalue weighted by atomic mass is 10.0. The average molecular weight is 486 g/mol. The van der Waals surface area contributed by atoms with Crippen molar-refractivity contribution in [1.82, 2.24) is 5.32 Å². The van der Waals surface area contributed by atoms with Crippen molar-refractivity contribution in [3.8, 4) is 0 Å². The van der Waals surface area contributed by atoms with Crippen LogP contribution in [0.5, 0.6) is 0 Å². The highest BCUT2D eigenvalue weighted by Gasteiger charge is 2.25. The highest BCUT2D eigenvalue weighted by molar-refractivity contribution is 7.92. The summed E-state index contributed by atoms with van der Waals surface area (Å²) in [5.74, 6) is -0.849. The lowest BCUT2D eigenvalue weighted by Crippen LogP contribution is -2.46. The summed E-state index contributed by atoms with van der Waals surface area (Å²) in [6.07, 6.45) is 0. The first-order chi connectivity index (χ1) is 15.6. The van der Waals surface area contributed by atoms with Gasteiger partial charge in [-0.1, -0.05) is 32.0 Å². The number of carbonyl (C=O) groups is 2. The molecule has 174 valence electrons. The van der Waals surface area contributed by atoms with E-state index in [1.54, 1.807) is 53.9 Å². The van der Waals surface area contributed by atoms with Gasteiger partial charge in [0.1, 0.15) is 6.04 Å². The Hall–Kier alpha value is -3.17. The summed E-state index contributed by atoms with van der Waals surface area (Å²) < 4.78 is 28.1. The van der Waals surface area contributed by atoms with Crippen LogP contribution in [0.1, 0.15) is 34.6 Å². The number of anilines is 2. The fourth-order valence-electron chi connectivity index (χ4n) is 3.13. The fourth-order valence-corrected chi connectivity index (χ4v) is 4.89. The van der Waals surface area contributed by atoms with Crippen LogP contribution < -0.4 is 15.4 Å². The highest BCUT2D eigenvalue weighted by atomic mass is 32.2. The SMILES string of the molecule is Cc1ccc(S(=O)(=O)Nc2cccc(NC(=O)[C@@H](NC(=O)c3cccs3)C(C)C)c2)cc1C. The Morgan fingerprint density at radius 2 is 1.64 bits per heavy atom. The van der Waals surface area contributed by atoms with Gasteiger partial charge in [-0.2, -0.15) is 0 Å². The van der Waals surface area contributed by atoms with Gasteiger partial charge in [-0.3, -0.25) is 14.3 Å². The van der Waals surface area contributed by atoms with Gasteiger partial charge >= 0.3 is 0 Å². The zero-order valence-electron chi connectivity index (χ0n) is 18.9. The maximum absolute atomic E-state index is 12.9. The molecule has 3 rings (SSSR count). The molecule has 7 nitrogen and oxygen atoms in total. The molecule has 2 amide bonds. The summed E-state index contributed by atoms with van der Waals surface area (Å²) in [6, 6.07) is 14.1. The van der Waals surface area contributed by atoms with E-state index in [0.717, 1.165) is 11.1 Å². The quantitative estimate of drug-likeness (QED) is 0.435. The minimum atomic E-state index is -3.79. The molecule has 0 fully saturated rings. The van der Waals surface area contributed by atoms with Crippen LogP contribution in [0.3, 0.4) is 0 Å². The minimum absolute atomic E-state index is 0.152. The largest absolute Gasteiger partial charge is 0.339 e. The Morgan fingerprint density at radius 1 is 0.909 bits per heavy atom. The van der Waals surface area contributed by atoms with Gasteiger partial charge in [0.2, 0.25) is 5.91 Å². The molecule has 0 bridgehead atoms. The molecule has 1 heterocycles. The lowest BCUT2D eigenvalue weighted by Gasteiger charge is -2.21. The van der Waals surface area contributed by atoms with Crippen LogP contribution in [0.4, 0.5) is 11.4 Å². The van der Waals surface area contributed by atoms with Gasteiger partial charge < -0.3 is 10.6 Å². The number of amides is 2. The van der Waals surface area contributed by atoms with E-state index in [0.29, 0.717) is 16.3 Å². The Labute approximate surface area is 198 Å². The van der Waals surface area contributed by atoms with Crippen molar-refractivity contribution in [3.05, 3.63) is 76.0 Å². The van der Waals surface area contributed by atoms with E-state index in [4.69, 9.17) is 0 Å². The summed E-state index contributed by atoms with van der Waals surface area (Å²) >= 11 is 1.30. The molecule has 3 aromatic rings. The second-order valence-corrected chi connectivity index (χ2v) is 10.7. The van der Waals surface area contributed by atoms with Crippen molar-refractivity contribution >= 4 is 44.5 Å². The van der Waals surface area contributed by atoms with E-state index in [2.05, 4.69) is 15.4 Å². The topological polar surface area (TPSA) is 104 Å². The van der Waals surface area contributed by atoms with E-state index in [1.807, 2.05) is 27.7 Å². The second kappa shape index (κ2) is 10.2. The van der Waals surface area contributed by atoms with E-state index >= 15 is 0 Å². The third-order valence-electron chi connectivity index (χ3n) is 5.15. The van der Waals surface area contributed by atoms with Crippen molar-refractivity contribution in [3.63, 3.8) is 0 Å². The number of hydrogen-bond donors (Lipinski definition) is 3. The van der Waals surface area contributed by atoms with Crippen molar-refractivity contribution in [2.45, 2.75) is 38.6 Å². The molecule has 9 heteroatoms. The first kappa shape index (κ1) is 24.5. The van der Waals surface area contributed by atoms with E-state index in [1.165, 1.54) is 17.4 Å². The third-order valence-corrected chi connectivity index (χ3v) is 7.40. The maximum atomic E-state index is 12.9. The number of nitrogens with one attached hydrogen (secondary N) is 3. The molecule has 0 unspecified atom stereocenters. The number of sulfonamides is 1. The van der Waals surface area contributed by atoms with E-state index in [-0.39, 0.29) is 22.6 Å². The van der Waals surface area contributed by atoms with Gasteiger partial charge in [0.25, 0.3) is 15.9 Å². The van der Waals surface area contributed by atoms with Gasteiger partial charge in [-0.25, -0.2) is 8.42 Å². The Balaban J connectivity index is 1.73. The van der Waals surface area contributed by atoms with Crippen LogP contribution in [-0.2, 0) is 14.8 Å². The number of rotatable bonds is 8. The second-order valence-electron chi connectivity index (χ2n) is 8.09. The van der Waals surface area contributed by atoms with Crippen LogP contribution in [0.25, 0.3) is 0 Å². The third kappa shape index (κ3) is 6.21. The normalized spacial score (nSPS) is 12.3. The highest BCUT2D eigenvalue weighted by Crippen LogP contribution is 2.22. The van der Waals surface area contributed by atoms with E-state index in [9.17, 15) is 18.0 Å². The maximum Gasteiger partial charge on any atom is 0.262 e. The van der Waals surface area contributed by atoms with Crippen LogP contribution >= 0.6 is 11.3 Å². The summed E-state index contributed by atoms with van der Waals surface area (Å²) in [5.41, 5.74) is 2.61. The Bertz CT molecular complexity index is 1250. The molecule has 0 radical (unpaired) electrons. The van der Waals surface area contributed by atoms with Gasteiger partial charge in [0.15, 0.2) is 0 Å². The zero-order valence-corrected chi connectivity index (χ0v) is 20.5. The fraction of sp³-hybridized carbons (Fsp3) is 0.250. The molecule has 0 aliphatic rings. The predicted molar refractivity (Wildman–Crippen MR) is 132 cm³/mol. The van der Waals surface area contributed by atoms with Crippen LogP contribution in [0.2, 0.25) is 0 Å². The number of carbonyl (C=O) groups excluding carboxylic acids is 2. The van der Waals surface area contributed by atoms with Crippen LogP contribution in [0, 0.1) is 19.8 Å². The summed E-state index contributed by atoms with van der Waals surface area (Å²) in [6.45, 7) is 7.45. The molecule has 2 aromatic carbocycles. The molecular weight excluding hydrogens is 458 g/mol. The first-order valence-electron chi connectivity index (χ1n) is 10.4. The number of aryl methyl sites for hydroxylation is 2. The molecule has 1 aromatic heterocycles. The summed E-state index contributed by atoms with van der Waals surface area (Å²) in [7, 11) is -3.79. The van der Waals surface area contributed by atoms with Crippen LogP contribution in [0.15, 0.2) is 64.9 Å². The monoisotopic (exact) mass is 485 g/mol. The predicted octanol–water partition coefficient (Wildman–Crippen LogP) is 4.56. The van der Waals surface area contributed by atoms with E-state index < -0.39 is 16.1 Å². The van der Waals surface area contributed by atoms with Crippen molar-refractivity contribution in [1.29, 1.82) is 0 Å². The molecular formula is C24H27N3O4S2. The van der Waals surface area contributed by atoms with Crippen molar-refractivity contribution < 1.29 is 18.0 Å². The standard InChI is InChI=1S/C24H27N3O4S2/c1-15(2)22(26-23(28)21-9-6-12-32-21)24(29)25-18-7-5-8-19(14-18)27-33(30,31)20-11-10-16(3)17(4)13-20/h5-15,22,27H,1-4H3,(H,25,29)(H,26,28)/t22-/m0/s1. The Kier molecular flexibility index (Phi) is 7.55. The zero-order chi connectivity index (χ0) is 24.2. The van der Waals surface area contributed by atoms with Gasteiger partial charge in [-0.05, 0) is 72.7 Å². The average Bonchev–Trinajstić information content (AvgIpc) is 3.28. The van der Waals surface area contributed by atoms with Gasteiger partial charge in [0, 0.05) is 5.69 Å². The number of benzene rings is 2. The summed E-state index contributed by atoms with van der Waals surface area (Å²) in [5, 5.41) is 7.34. The Morgan fingerprint density at radius 3 is 2.27 bits per heavy atom. The molecule has 0 aliphatic heterocycles. The first-order valence-corrected chi connectivity index (χ1v) is 12.8. The molecule has 0 spiro atoms. The van der Waals surface area contributed by atoms with Gasteiger partial charge in [-0.15, -0.1) is 11.3 Å². The van der Waals surface area contributed by atoms with Gasteiger partial charge in [0.05, 0.1) is 15.5 Å². The minimum Gasteiger partial charge on any atom is -0.339 e. The molecule has 1 atom stereocenters. The lowest BCUT2D eigenvalue weighted by molar-refractivity contribution is -0.118. The molecule has 3 N–H and O–H groups in total. The molecule has 33 heavy (non-hydrogen) atoms.